The van der Waals surface area contributed by atoms with E-state index in [0.29, 0.717) is 18.0 Å². The van der Waals surface area contributed by atoms with Crippen molar-refractivity contribution in [2.24, 2.45) is 0 Å². The van der Waals surface area contributed by atoms with Crippen molar-refractivity contribution in [1.29, 1.82) is 0 Å². The third-order valence-corrected chi connectivity index (χ3v) is 5.09. The number of rotatable bonds is 7. The maximum absolute atomic E-state index is 12.3. The van der Waals surface area contributed by atoms with E-state index in [-0.39, 0.29) is 11.8 Å². The Morgan fingerprint density at radius 1 is 1.07 bits per heavy atom. The SMILES string of the molecule is CC(=O)Nc1cccc(NC(=O)/C=C/c2ccc(OCc3csc(C)n3)cc2)c1C. The number of anilines is 2. The van der Waals surface area contributed by atoms with Gasteiger partial charge in [0.15, 0.2) is 0 Å². The van der Waals surface area contributed by atoms with Gasteiger partial charge in [-0.2, -0.15) is 0 Å². The van der Waals surface area contributed by atoms with Gasteiger partial charge in [0, 0.05) is 29.8 Å². The number of thiazole rings is 1. The molecule has 1 aromatic heterocycles. The summed E-state index contributed by atoms with van der Waals surface area (Å²) < 4.78 is 5.73. The van der Waals surface area contributed by atoms with E-state index in [4.69, 9.17) is 4.74 Å². The second-order valence-corrected chi connectivity index (χ2v) is 7.76. The van der Waals surface area contributed by atoms with Crippen LogP contribution in [0.25, 0.3) is 6.08 Å². The molecule has 0 unspecified atom stereocenters. The van der Waals surface area contributed by atoms with Crippen LogP contribution in [0, 0.1) is 13.8 Å². The van der Waals surface area contributed by atoms with Crippen LogP contribution < -0.4 is 15.4 Å². The Morgan fingerprint density at radius 2 is 1.77 bits per heavy atom. The van der Waals surface area contributed by atoms with Crippen molar-refractivity contribution in [1.82, 2.24) is 4.98 Å². The van der Waals surface area contributed by atoms with Crippen LogP contribution in [-0.2, 0) is 16.2 Å². The van der Waals surface area contributed by atoms with Gasteiger partial charge in [0.05, 0.1) is 10.7 Å². The molecule has 0 aliphatic carbocycles. The highest BCUT2D eigenvalue weighted by atomic mass is 32.1. The van der Waals surface area contributed by atoms with E-state index in [1.807, 2.05) is 43.5 Å². The molecule has 0 atom stereocenters. The minimum atomic E-state index is -0.252. The summed E-state index contributed by atoms with van der Waals surface area (Å²) in [5.74, 6) is 0.334. The summed E-state index contributed by atoms with van der Waals surface area (Å²) >= 11 is 1.60. The average molecular weight is 422 g/mol. The zero-order valence-corrected chi connectivity index (χ0v) is 17.9. The zero-order chi connectivity index (χ0) is 21.5. The lowest BCUT2D eigenvalue weighted by atomic mass is 10.1. The van der Waals surface area contributed by atoms with Crippen LogP contribution in [0.2, 0.25) is 0 Å². The van der Waals surface area contributed by atoms with E-state index >= 15 is 0 Å². The minimum absolute atomic E-state index is 0.157. The molecular formula is C23H23N3O3S. The van der Waals surface area contributed by atoms with Crippen molar-refractivity contribution in [2.45, 2.75) is 27.4 Å². The monoisotopic (exact) mass is 421 g/mol. The Hall–Kier alpha value is -3.45. The summed E-state index contributed by atoms with van der Waals surface area (Å²) in [6.45, 7) is 5.69. The summed E-state index contributed by atoms with van der Waals surface area (Å²) in [4.78, 5) is 27.9. The van der Waals surface area contributed by atoms with Crippen LogP contribution in [0.4, 0.5) is 11.4 Å². The fraction of sp³-hybridized carbons (Fsp3) is 0.174. The molecule has 0 spiro atoms. The summed E-state index contributed by atoms with van der Waals surface area (Å²) in [5, 5.41) is 8.59. The number of hydrogen-bond donors (Lipinski definition) is 2. The van der Waals surface area contributed by atoms with E-state index in [1.165, 1.54) is 13.0 Å². The van der Waals surface area contributed by atoms with Crippen LogP contribution in [0.15, 0.2) is 53.9 Å². The smallest absolute Gasteiger partial charge is 0.248 e. The van der Waals surface area contributed by atoms with Crippen LogP contribution in [-0.4, -0.2) is 16.8 Å². The topological polar surface area (TPSA) is 80.3 Å². The van der Waals surface area contributed by atoms with Crippen LogP contribution in [0.1, 0.15) is 28.8 Å². The molecule has 0 fully saturated rings. The molecule has 7 heteroatoms. The molecule has 0 aliphatic rings. The quantitative estimate of drug-likeness (QED) is 0.529. The highest BCUT2D eigenvalue weighted by Crippen LogP contribution is 2.23. The maximum Gasteiger partial charge on any atom is 0.248 e. The first-order chi connectivity index (χ1) is 14.4. The first-order valence-corrected chi connectivity index (χ1v) is 10.3. The highest BCUT2D eigenvalue weighted by Gasteiger charge is 2.07. The normalized spacial score (nSPS) is 10.8. The predicted molar refractivity (Wildman–Crippen MR) is 121 cm³/mol. The molecule has 3 rings (SSSR count). The number of nitrogens with one attached hydrogen (secondary N) is 2. The van der Waals surface area contributed by atoms with Crippen molar-refractivity contribution < 1.29 is 14.3 Å². The van der Waals surface area contributed by atoms with Crippen molar-refractivity contribution in [3.63, 3.8) is 0 Å². The molecule has 2 N–H and O–H groups in total. The molecule has 2 aromatic carbocycles. The Bertz CT molecular complexity index is 1070. The summed E-state index contributed by atoms with van der Waals surface area (Å²) in [7, 11) is 0. The molecule has 0 bridgehead atoms. The molecular weight excluding hydrogens is 398 g/mol. The molecule has 6 nitrogen and oxygen atoms in total. The predicted octanol–water partition coefficient (Wildman–Crippen LogP) is 4.95. The Kier molecular flexibility index (Phi) is 6.98. The number of carbonyl (C=O) groups excluding carboxylic acids is 2. The van der Waals surface area contributed by atoms with Crippen molar-refractivity contribution in [3.05, 3.63) is 75.7 Å². The van der Waals surface area contributed by atoms with Gasteiger partial charge in [0.25, 0.3) is 0 Å². The number of nitrogens with zero attached hydrogens (tertiary/aromatic N) is 1. The second-order valence-electron chi connectivity index (χ2n) is 6.70. The van der Waals surface area contributed by atoms with Gasteiger partial charge >= 0.3 is 0 Å². The molecule has 3 aromatic rings. The molecule has 2 amide bonds. The van der Waals surface area contributed by atoms with Gasteiger partial charge in [0.1, 0.15) is 12.4 Å². The van der Waals surface area contributed by atoms with Gasteiger partial charge in [-0.25, -0.2) is 4.98 Å². The van der Waals surface area contributed by atoms with Gasteiger partial charge in [0.2, 0.25) is 11.8 Å². The van der Waals surface area contributed by atoms with Gasteiger partial charge in [-0.3, -0.25) is 9.59 Å². The molecule has 0 saturated carbocycles. The fourth-order valence-electron chi connectivity index (χ4n) is 2.75. The van der Waals surface area contributed by atoms with Crippen molar-refractivity contribution >= 4 is 40.6 Å². The van der Waals surface area contributed by atoms with E-state index in [1.54, 1.807) is 35.6 Å². The summed E-state index contributed by atoms with van der Waals surface area (Å²) in [6.07, 6.45) is 3.20. The van der Waals surface area contributed by atoms with Gasteiger partial charge < -0.3 is 15.4 Å². The molecule has 0 radical (unpaired) electrons. The molecule has 1 heterocycles. The first-order valence-electron chi connectivity index (χ1n) is 9.41. The van der Waals surface area contributed by atoms with Gasteiger partial charge in [-0.05, 0) is 55.3 Å². The first kappa shape index (κ1) is 21.3. The number of amides is 2. The number of hydrogen-bond acceptors (Lipinski definition) is 5. The lowest BCUT2D eigenvalue weighted by molar-refractivity contribution is -0.114. The Morgan fingerprint density at radius 3 is 2.40 bits per heavy atom. The number of aromatic nitrogens is 1. The summed E-state index contributed by atoms with van der Waals surface area (Å²) in [6, 6.07) is 12.9. The standard InChI is InChI=1S/C23H23N3O3S/c1-15-21(24-16(2)27)5-4-6-22(15)26-23(28)12-9-18-7-10-20(11-8-18)29-13-19-14-30-17(3)25-19/h4-12,14H,13H2,1-3H3,(H,24,27)(H,26,28)/b12-9+. The highest BCUT2D eigenvalue weighted by molar-refractivity contribution is 7.09. The summed E-state index contributed by atoms with van der Waals surface area (Å²) in [5.41, 5.74) is 3.91. The van der Waals surface area contributed by atoms with Crippen LogP contribution >= 0.6 is 11.3 Å². The molecule has 154 valence electrons. The van der Waals surface area contributed by atoms with E-state index in [2.05, 4.69) is 15.6 Å². The number of benzene rings is 2. The van der Waals surface area contributed by atoms with Gasteiger partial charge in [-0.1, -0.05) is 18.2 Å². The van der Waals surface area contributed by atoms with Crippen LogP contribution in [0.3, 0.4) is 0 Å². The molecule has 30 heavy (non-hydrogen) atoms. The van der Waals surface area contributed by atoms with Crippen LogP contribution in [0.5, 0.6) is 5.75 Å². The third-order valence-electron chi connectivity index (χ3n) is 4.26. The van der Waals surface area contributed by atoms with E-state index in [9.17, 15) is 9.59 Å². The van der Waals surface area contributed by atoms with Crippen molar-refractivity contribution in [2.75, 3.05) is 10.6 Å². The Balaban J connectivity index is 1.56. The maximum atomic E-state index is 12.3. The second kappa shape index (κ2) is 9.84. The van der Waals surface area contributed by atoms with Crippen molar-refractivity contribution in [3.8, 4) is 5.75 Å². The zero-order valence-electron chi connectivity index (χ0n) is 17.1. The average Bonchev–Trinajstić information content (AvgIpc) is 3.13. The lowest BCUT2D eigenvalue weighted by Crippen LogP contribution is -2.12. The minimum Gasteiger partial charge on any atom is -0.487 e. The number of aryl methyl sites for hydroxylation is 1. The van der Waals surface area contributed by atoms with E-state index < -0.39 is 0 Å². The Labute approximate surface area is 179 Å². The van der Waals surface area contributed by atoms with E-state index in [0.717, 1.165) is 27.6 Å². The lowest BCUT2D eigenvalue weighted by Gasteiger charge is -2.11. The largest absolute Gasteiger partial charge is 0.487 e. The number of ether oxygens (including phenoxy) is 1. The molecule has 0 saturated heterocycles. The van der Waals surface area contributed by atoms with Gasteiger partial charge in [-0.15, -0.1) is 11.3 Å². The molecule has 0 aliphatic heterocycles. The third kappa shape index (κ3) is 6.02. The number of carbonyl (C=O) groups is 2. The fourth-order valence-corrected chi connectivity index (χ4v) is 3.35.